The molecule has 2 rings (SSSR count). The van der Waals surface area contributed by atoms with Crippen LogP contribution in [0.1, 0.15) is 5.56 Å². The summed E-state index contributed by atoms with van der Waals surface area (Å²) in [7, 11) is 2.94. The summed E-state index contributed by atoms with van der Waals surface area (Å²) >= 11 is 0. The zero-order valence-corrected chi connectivity index (χ0v) is 14.0. The standard InChI is InChI=1S/C16H23N3O5/c1-23-12-15(16(20)24-2)18-8-6-17(7-9-18)11-13-4-3-5-14(10-13)19(21)22/h3-5,10,15H,6-9,11-12H2,1-2H3. The lowest BCUT2D eigenvalue weighted by Crippen LogP contribution is -2.54. The Morgan fingerprint density at radius 2 is 2.00 bits per heavy atom. The highest BCUT2D eigenvalue weighted by molar-refractivity contribution is 5.75. The molecule has 8 heteroatoms. The third-order valence-corrected chi connectivity index (χ3v) is 4.17. The van der Waals surface area contributed by atoms with Gasteiger partial charge in [0.2, 0.25) is 0 Å². The van der Waals surface area contributed by atoms with Crippen molar-refractivity contribution in [1.82, 2.24) is 9.80 Å². The number of hydrogen-bond acceptors (Lipinski definition) is 7. The molecule has 1 fully saturated rings. The summed E-state index contributed by atoms with van der Waals surface area (Å²) in [4.78, 5) is 26.6. The number of esters is 1. The van der Waals surface area contributed by atoms with Crippen LogP contribution in [0.4, 0.5) is 5.69 Å². The molecule has 0 spiro atoms. The van der Waals surface area contributed by atoms with E-state index in [-0.39, 0.29) is 22.6 Å². The zero-order chi connectivity index (χ0) is 17.5. The molecular formula is C16H23N3O5. The molecule has 1 atom stereocenters. The lowest BCUT2D eigenvalue weighted by molar-refractivity contribution is -0.384. The van der Waals surface area contributed by atoms with Gasteiger partial charge in [-0.1, -0.05) is 12.1 Å². The average molecular weight is 337 g/mol. The van der Waals surface area contributed by atoms with E-state index in [1.54, 1.807) is 19.2 Å². The molecule has 1 saturated heterocycles. The fourth-order valence-corrected chi connectivity index (χ4v) is 2.88. The molecule has 1 unspecified atom stereocenters. The predicted molar refractivity (Wildman–Crippen MR) is 87.6 cm³/mol. The van der Waals surface area contributed by atoms with E-state index in [1.807, 2.05) is 6.07 Å². The number of nitro groups is 1. The van der Waals surface area contributed by atoms with Crippen LogP contribution in [0, 0.1) is 10.1 Å². The highest BCUT2D eigenvalue weighted by Crippen LogP contribution is 2.16. The van der Waals surface area contributed by atoms with Crippen molar-refractivity contribution in [2.24, 2.45) is 0 Å². The lowest BCUT2D eigenvalue weighted by Gasteiger charge is -2.37. The van der Waals surface area contributed by atoms with E-state index in [9.17, 15) is 14.9 Å². The SMILES string of the molecule is COCC(C(=O)OC)N1CCN(Cc2cccc([N+](=O)[O-])c2)CC1. The van der Waals surface area contributed by atoms with Gasteiger partial charge in [0.25, 0.3) is 5.69 Å². The number of methoxy groups -OCH3 is 2. The summed E-state index contributed by atoms with van der Waals surface area (Å²) < 4.78 is 9.96. The van der Waals surface area contributed by atoms with E-state index in [1.165, 1.54) is 13.2 Å². The van der Waals surface area contributed by atoms with E-state index in [0.29, 0.717) is 13.2 Å². The quantitative estimate of drug-likeness (QED) is 0.415. The first-order valence-electron chi connectivity index (χ1n) is 7.81. The van der Waals surface area contributed by atoms with Gasteiger partial charge in [0, 0.05) is 52.0 Å². The van der Waals surface area contributed by atoms with Crippen molar-refractivity contribution in [2.45, 2.75) is 12.6 Å². The summed E-state index contributed by atoms with van der Waals surface area (Å²) in [6, 6.07) is 6.30. The molecule has 1 heterocycles. The maximum atomic E-state index is 11.9. The number of ether oxygens (including phenoxy) is 2. The monoisotopic (exact) mass is 337 g/mol. The summed E-state index contributed by atoms with van der Waals surface area (Å²) in [5.41, 5.74) is 1.02. The minimum absolute atomic E-state index is 0.108. The molecule has 0 radical (unpaired) electrons. The number of nitrogens with zero attached hydrogens (tertiary/aromatic N) is 3. The van der Waals surface area contributed by atoms with Gasteiger partial charge in [-0.2, -0.15) is 0 Å². The van der Waals surface area contributed by atoms with Gasteiger partial charge in [0.1, 0.15) is 6.04 Å². The number of piperazine rings is 1. The second kappa shape index (κ2) is 8.72. The zero-order valence-electron chi connectivity index (χ0n) is 14.0. The van der Waals surface area contributed by atoms with E-state index in [2.05, 4.69) is 9.80 Å². The third-order valence-electron chi connectivity index (χ3n) is 4.17. The van der Waals surface area contributed by atoms with Crippen LogP contribution in [-0.4, -0.2) is 73.7 Å². The number of benzene rings is 1. The second-order valence-corrected chi connectivity index (χ2v) is 5.73. The molecule has 0 amide bonds. The Morgan fingerprint density at radius 1 is 1.29 bits per heavy atom. The smallest absolute Gasteiger partial charge is 0.325 e. The Kier molecular flexibility index (Phi) is 6.65. The molecule has 0 saturated carbocycles. The summed E-state index contributed by atoms with van der Waals surface area (Å²) in [6.45, 7) is 3.95. The molecule has 132 valence electrons. The van der Waals surface area contributed by atoms with Gasteiger partial charge in [-0.05, 0) is 5.56 Å². The van der Waals surface area contributed by atoms with Crippen molar-refractivity contribution >= 4 is 11.7 Å². The Hall–Kier alpha value is -2.03. The van der Waals surface area contributed by atoms with Crippen LogP contribution in [0.2, 0.25) is 0 Å². The Bertz CT molecular complexity index is 573. The number of nitro benzene ring substituents is 1. The Labute approximate surface area is 141 Å². The molecule has 8 nitrogen and oxygen atoms in total. The fourth-order valence-electron chi connectivity index (χ4n) is 2.88. The second-order valence-electron chi connectivity index (χ2n) is 5.73. The van der Waals surface area contributed by atoms with Crippen molar-refractivity contribution < 1.29 is 19.2 Å². The maximum Gasteiger partial charge on any atom is 0.325 e. The van der Waals surface area contributed by atoms with Crippen molar-refractivity contribution in [3.63, 3.8) is 0 Å². The van der Waals surface area contributed by atoms with Crippen LogP contribution in [-0.2, 0) is 20.8 Å². The van der Waals surface area contributed by atoms with Crippen LogP contribution < -0.4 is 0 Å². The molecule has 1 aliphatic heterocycles. The van der Waals surface area contributed by atoms with Crippen molar-refractivity contribution in [2.75, 3.05) is 47.0 Å². The van der Waals surface area contributed by atoms with Crippen LogP contribution in [0.3, 0.4) is 0 Å². The van der Waals surface area contributed by atoms with Gasteiger partial charge in [-0.3, -0.25) is 24.7 Å². The number of non-ortho nitro benzene ring substituents is 1. The first kappa shape index (κ1) is 18.3. The van der Waals surface area contributed by atoms with Crippen molar-refractivity contribution in [3.05, 3.63) is 39.9 Å². The molecule has 0 N–H and O–H groups in total. The van der Waals surface area contributed by atoms with Gasteiger partial charge in [-0.15, -0.1) is 0 Å². The van der Waals surface area contributed by atoms with Gasteiger partial charge < -0.3 is 9.47 Å². The molecule has 0 aliphatic carbocycles. The molecule has 0 bridgehead atoms. The predicted octanol–water partition coefficient (Wildman–Crippen LogP) is 0.900. The molecular weight excluding hydrogens is 314 g/mol. The number of carbonyl (C=O) groups is 1. The van der Waals surface area contributed by atoms with Gasteiger partial charge in [0.05, 0.1) is 18.6 Å². The molecule has 1 aromatic rings. The third kappa shape index (κ3) is 4.73. The number of hydrogen-bond donors (Lipinski definition) is 0. The van der Waals surface area contributed by atoms with Gasteiger partial charge in [-0.25, -0.2) is 0 Å². The van der Waals surface area contributed by atoms with Crippen LogP contribution in [0.15, 0.2) is 24.3 Å². The average Bonchev–Trinajstić information content (AvgIpc) is 2.60. The van der Waals surface area contributed by atoms with Crippen molar-refractivity contribution in [3.8, 4) is 0 Å². The van der Waals surface area contributed by atoms with E-state index < -0.39 is 0 Å². The van der Waals surface area contributed by atoms with Crippen LogP contribution in [0.5, 0.6) is 0 Å². The minimum atomic E-state index is -0.389. The molecule has 1 aliphatic rings. The molecule has 0 aromatic heterocycles. The summed E-state index contributed by atoms with van der Waals surface area (Å²) in [5, 5.41) is 10.8. The Morgan fingerprint density at radius 3 is 2.58 bits per heavy atom. The normalized spacial score (nSPS) is 17.4. The van der Waals surface area contributed by atoms with Gasteiger partial charge in [0.15, 0.2) is 0 Å². The number of rotatable bonds is 7. The van der Waals surface area contributed by atoms with Crippen molar-refractivity contribution in [1.29, 1.82) is 0 Å². The van der Waals surface area contributed by atoms with E-state index >= 15 is 0 Å². The van der Waals surface area contributed by atoms with E-state index in [0.717, 1.165) is 31.7 Å². The van der Waals surface area contributed by atoms with Crippen LogP contribution >= 0.6 is 0 Å². The van der Waals surface area contributed by atoms with Crippen LogP contribution in [0.25, 0.3) is 0 Å². The topological polar surface area (TPSA) is 85.2 Å². The maximum absolute atomic E-state index is 11.9. The summed E-state index contributed by atoms with van der Waals surface area (Å²) in [5.74, 6) is -0.288. The Balaban J connectivity index is 1.91. The first-order chi connectivity index (χ1) is 11.5. The highest BCUT2D eigenvalue weighted by atomic mass is 16.6. The van der Waals surface area contributed by atoms with E-state index in [4.69, 9.17) is 9.47 Å². The molecule has 24 heavy (non-hydrogen) atoms. The summed E-state index contributed by atoms with van der Waals surface area (Å²) in [6.07, 6.45) is 0. The number of carbonyl (C=O) groups excluding carboxylic acids is 1. The highest BCUT2D eigenvalue weighted by Gasteiger charge is 2.29. The molecule has 1 aromatic carbocycles. The largest absolute Gasteiger partial charge is 0.468 e. The lowest BCUT2D eigenvalue weighted by atomic mass is 10.1. The fraction of sp³-hybridized carbons (Fsp3) is 0.562. The minimum Gasteiger partial charge on any atom is -0.468 e. The van der Waals surface area contributed by atoms with Gasteiger partial charge >= 0.3 is 5.97 Å². The first-order valence-corrected chi connectivity index (χ1v) is 7.81.